The minimum atomic E-state index is 0.271. The van der Waals surface area contributed by atoms with Crippen LogP contribution in [0.1, 0.15) is 39.3 Å². The SMILES string of the molecule is CN(CC(C)(C)C)c1nc2sccn2c1CNC1CC1. The van der Waals surface area contributed by atoms with Gasteiger partial charge in [-0.2, -0.15) is 0 Å². The largest absolute Gasteiger partial charge is 0.358 e. The van der Waals surface area contributed by atoms with Crippen molar-refractivity contribution in [1.82, 2.24) is 14.7 Å². The molecule has 0 radical (unpaired) electrons. The molecule has 1 N–H and O–H groups in total. The molecule has 1 aliphatic carbocycles. The van der Waals surface area contributed by atoms with Gasteiger partial charge in [-0.15, -0.1) is 11.3 Å². The third kappa shape index (κ3) is 2.99. The van der Waals surface area contributed by atoms with Crippen molar-refractivity contribution in [1.29, 1.82) is 0 Å². The molecular formula is C15H24N4S. The molecule has 2 aromatic heterocycles. The predicted molar refractivity (Wildman–Crippen MR) is 85.7 cm³/mol. The molecule has 1 saturated carbocycles. The summed E-state index contributed by atoms with van der Waals surface area (Å²) in [6.45, 7) is 8.72. The van der Waals surface area contributed by atoms with Crippen LogP contribution in [0.4, 0.5) is 5.82 Å². The first-order valence-electron chi connectivity index (χ1n) is 7.33. The lowest BCUT2D eigenvalue weighted by molar-refractivity contribution is 0.417. The lowest BCUT2D eigenvalue weighted by atomic mass is 9.96. The zero-order valence-electron chi connectivity index (χ0n) is 12.8. The van der Waals surface area contributed by atoms with E-state index in [4.69, 9.17) is 4.98 Å². The zero-order chi connectivity index (χ0) is 14.3. The topological polar surface area (TPSA) is 32.6 Å². The number of rotatable bonds is 5. The number of hydrogen-bond donors (Lipinski definition) is 1. The smallest absolute Gasteiger partial charge is 0.195 e. The first kappa shape index (κ1) is 13.9. The number of imidazole rings is 1. The van der Waals surface area contributed by atoms with Gasteiger partial charge >= 0.3 is 0 Å². The highest BCUT2D eigenvalue weighted by Gasteiger charge is 2.24. The molecule has 1 fully saturated rings. The van der Waals surface area contributed by atoms with Crippen molar-refractivity contribution in [2.75, 3.05) is 18.5 Å². The van der Waals surface area contributed by atoms with E-state index >= 15 is 0 Å². The fourth-order valence-electron chi connectivity index (χ4n) is 2.61. The lowest BCUT2D eigenvalue weighted by Crippen LogP contribution is -2.30. The highest BCUT2D eigenvalue weighted by atomic mass is 32.1. The van der Waals surface area contributed by atoms with Crippen LogP contribution in [0.5, 0.6) is 0 Å². The number of anilines is 1. The minimum absolute atomic E-state index is 0.271. The average molecular weight is 292 g/mol. The number of aromatic nitrogens is 2. The Morgan fingerprint density at radius 3 is 2.85 bits per heavy atom. The summed E-state index contributed by atoms with van der Waals surface area (Å²) in [5.41, 5.74) is 1.56. The highest BCUT2D eigenvalue weighted by molar-refractivity contribution is 7.15. The third-order valence-electron chi connectivity index (χ3n) is 3.55. The summed E-state index contributed by atoms with van der Waals surface area (Å²) in [6.07, 6.45) is 4.77. The summed E-state index contributed by atoms with van der Waals surface area (Å²) in [5.74, 6) is 1.12. The van der Waals surface area contributed by atoms with Gasteiger partial charge in [-0.3, -0.25) is 4.40 Å². The van der Waals surface area contributed by atoms with E-state index in [0.29, 0.717) is 0 Å². The summed E-state index contributed by atoms with van der Waals surface area (Å²) in [5, 5.41) is 5.72. The number of fused-ring (bicyclic) bond motifs is 1. The van der Waals surface area contributed by atoms with Crippen LogP contribution in [0.25, 0.3) is 4.96 Å². The maximum absolute atomic E-state index is 4.82. The van der Waals surface area contributed by atoms with E-state index < -0.39 is 0 Å². The first-order valence-corrected chi connectivity index (χ1v) is 8.21. The third-order valence-corrected chi connectivity index (χ3v) is 4.31. The average Bonchev–Trinajstić information content (AvgIpc) is 2.93. The molecule has 0 aromatic carbocycles. The molecule has 0 bridgehead atoms. The summed E-state index contributed by atoms with van der Waals surface area (Å²) < 4.78 is 2.23. The fourth-order valence-corrected chi connectivity index (χ4v) is 3.33. The molecule has 0 unspecified atom stereocenters. The Morgan fingerprint density at radius 2 is 2.20 bits per heavy atom. The maximum Gasteiger partial charge on any atom is 0.195 e. The van der Waals surface area contributed by atoms with E-state index in [1.54, 1.807) is 11.3 Å². The van der Waals surface area contributed by atoms with Crippen LogP contribution in [0, 0.1) is 5.41 Å². The Balaban J connectivity index is 1.87. The highest BCUT2D eigenvalue weighted by Crippen LogP contribution is 2.28. The van der Waals surface area contributed by atoms with Gasteiger partial charge in [0.1, 0.15) is 0 Å². The number of nitrogens with one attached hydrogen (secondary N) is 1. The maximum atomic E-state index is 4.82. The summed E-state index contributed by atoms with van der Waals surface area (Å²) in [7, 11) is 2.15. The van der Waals surface area contributed by atoms with Crippen LogP contribution in [0.3, 0.4) is 0 Å². The summed E-state index contributed by atoms with van der Waals surface area (Å²) >= 11 is 1.70. The van der Waals surface area contributed by atoms with Gasteiger partial charge in [0.25, 0.3) is 0 Å². The van der Waals surface area contributed by atoms with Crippen molar-refractivity contribution in [2.24, 2.45) is 5.41 Å². The second kappa shape index (κ2) is 5.04. The van der Waals surface area contributed by atoms with Crippen LogP contribution < -0.4 is 10.2 Å². The second-order valence-electron chi connectivity index (χ2n) is 7.01. The Hall–Kier alpha value is -1.07. The molecule has 2 heterocycles. The van der Waals surface area contributed by atoms with Gasteiger partial charge in [0, 0.05) is 37.8 Å². The second-order valence-corrected chi connectivity index (χ2v) is 7.88. The predicted octanol–water partition coefficient (Wildman–Crippen LogP) is 3.13. The molecule has 0 aliphatic heterocycles. The molecule has 0 atom stereocenters. The molecule has 0 saturated heterocycles. The molecule has 2 aromatic rings. The van der Waals surface area contributed by atoms with E-state index in [-0.39, 0.29) is 5.41 Å². The van der Waals surface area contributed by atoms with Gasteiger partial charge in [-0.1, -0.05) is 20.8 Å². The standard InChI is InChI=1S/C15H24N4S/c1-15(2,3)10-18(4)13-12(9-16-11-5-6-11)19-7-8-20-14(19)17-13/h7-8,11,16H,5-6,9-10H2,1-4H3. The molecular weight excluding hydrogens is 268 g/mol. The van der Waals surface area contributed by atoms with E-state index in [9.17, 15) is 0 Å². The molecule has 5 heteroatoms. The van der Waals surface area contributed by atoms with Crippen LogP contribution >= 0.6 is 11.3 Å². The van der Waals surface area contributed by atoms with Gasteiger partial charge in [0.2, 0.25) is 0 Å². The lowest BCUT2D eigenvalue weighted by Gasteiger charge is -2.27. The summed E-state index contributed by atoms with van der Waals surface area (Å²) in [6, 6.07) is 0.722. The molecule has 110 valence electrons. The normalized spacial score (nSPS) is 16.0. The van der Waals surface area contributed by atoms with Gasteiger partial charge in [-0.05, 0) is 18.3 Å². The Bertz CT molecular complexity index is 589. The van der Waals surface area contributed by atoms with Crippen LogP contribution in [-0.4, -0.2) is 29.0 Å². The van der Waals surface area contributed by atoms with Crippen LogP contribution in [0.2, 0.25) is 0 Å². The fraction of sp³-hybridized carbons (Fsp3) is 0.667. The van der Waals surface area contributed by atoms with E-state index in [1.165, 1.54) is 18.5 Å². The quantitative estimate of drug-likeness (QED) is 0.919. The molecule has 1 aliphatic rings. The molecule has 3 rings (SSSR count). The van der Waals surface area contributed by atoms with E-state index in [2.05, 4.69) is 54.0 Å². The first-order chi connectivity index (χ1) is 9.44. The monoisotopic (exact) mass is 292 g/mol. The Labute approximate surface area is 124 Å². The molecule has 0 spiro atoms. The van der Waals surface area contributed by atoms with Crippen molar-refractivity contribution in [3.05, 3.63) is 17.3 Å². The number of hydrogen-bond acceptors (Lipinski definition) is 4. The van der Waals surface area contributed by atoms with Crippen LogP contribution in [-0.2, 0) is 6.54 Å². The van der Waals surface area contributed by atoms with Crippen molar-refractivity contribution >= 4 is 22.1 Å². The minimum Gasteiger partial charge on any atom is -0.358 e. The summed E-state index contributed by atoms with van der Waals surface area (Å²) in [4.78, 5) is 8.21. The van der Waals surface area contributed by atoms with E-state index in [0.717, 1.165) is 29.9 Å². The van der Waals surface area contributed by atoms with Gasteiger partial charge < -0.3 is 10.2 Å². The molecule has 0 amide bonds. The van der Waals surface area contributed by atoms with Crippen LogP contribution in [0.15, 0.2) is 11.6 Å². The van der Waals surface area contributed by atoms with Crippen molar-refractivity contribution < 1.29 is 0 Å². The Kier molecular flexibility index (Phi) is 3.50. The molecule has 4 nitrogen and oxygen atoms in total. The van der Waals surface area contributed by atoms with Crippen molar-refractivity contribution in [2.45, 2.75) is 46.2 Å². The van der Waals surface area contributed by atoms with Crippen molar-refractivity contribution in [3.63, 3.8) is 0 Å². The van der Waals surface area contributed by atoms with E-state index in [1.807, 2.05) is 0 Å². The Morgan fingerprint density at radius 1 is 1.45 bits per heavy atom. The van der Waals surface area contributed by atoms with Gasteiger partial charge in [0.05, 0.1) is 5.69 Å². The van der Waals surface area contributed by atoms with Gasteiger partial charge in [-0.25, -0.2) is 4.98 Å². The zero-order valence-corrected chi connectivity index (χ0v) is 13.6. The van der Waals surface area contributed by atoms with Crippen molar-refractivity contribution in [3.8, 4) is 0 Å². The number of thiazole rings is 1. The molecule has 20 heavy (non-hydrogen) atoms. The van der Waals surface area contributed by atoms with Gasteiger partial charge in [0.15, 0.2) is 10.8 Å². The number of nitrogens with zero attached hydrogens (tertiary/aromatic N) is 3.